The summed E-state index contributed by atoms with van der Waals surface area (Å²) in [5.74, 6) is -4.83. The van der Waals surface area contributed by atoms with Crippen LogP contribution in [0.2, 0.25) is 0 Å². The highest BCUT2D eigenvalue weighted by atomic mass is 16.6. The van der Waals surface area contributed by atoms with E-state index in [0.717, 1.165) is 0 Å². The fraction of sp³-hybridized carbons (Fsp3) is 0.185. The first-order chi connectivity index (χ1) is 19.6. The van der Waals surface area contributed by atoms with E-state index in [1.165, 1.54) is 37.4 Å². The predicted molar refractivity (Wildman–Crippen MR) is 146 cm³/mol. The molecule has 2 aromatic carbocycles. The maximum atomic E-state index is 12.7. The molecule has 0 saturated heterocycles. The van der Waals surface area contributed by atoms with Gasteiger partial charge in [0, 0.05) is 11.3 Å². The fourth-order valence-electron chi connectivity index (χ4n) is 3.73. The van der Waals surface area contributed by atoms with Crippen molar-refractivity contribution in [1.82, 2.24) is 25.3 Å². The highest BCUT2D eigenvalue weighted by molar-refractivity contribution is 5.98. The van der Waals surface area contributed by atoms with Crippen LogP contribution >= 0.6 is 0 Å². The van der Waals surface area contributed by atoms with Crippen LogP contribution in [-0.2, 0) is 20.9 Å². The Bertz CT molecular complexity index is 1660. The van der Waals surface area contributed by atoms with E-state index >= 15 is 0 Å². The molecule has 14 nitrogen and oxygen atoms in total. The number of carboxylic acids is 1. The lowest BCUT2D eigenvalue weighted by molar-refractivity contribution is -0.144. The quantitative estimate of drug-likeness (QED) is 0.138. The van der Waals surface area contributed by atoms with Crippen LogP contribution in [0, 0.1) is 5.92 Å². The highest BCUT2D eigenvalue weighted by Crippen LogP contribution is 2.14. The lowest BCUT2D eigenvalue weighted by Gasteiger charge is -2.18. The Morgan fingerprint density at radius 1 is 1.02 bits per heavy atom. The number of nitrogens with one attached hydrogen (secondary N) is 3. The van der Waals surface area contributed by atoms with Crippen molar-refractivity contribution in [3.05, 3.63) is 88.0 Å². The number of nitrogens with two attached hydrogens (primary N) is 1. The van der Waals surface area contributed by atoms with Crippen molar-refractivity contribution in [3.63, 3.8) is 0 Å². The molecule has 0 aliphatic heterocycles. The van der Waals surface area contributed by atoms with E-state index in [2.05, 4.69) is 30.6 Å². The molecule has 0 fully saturated rings. The SMILES string of the molecule is CC(CC(NC(=O)c1ccc(NCc2cnc3nc(N)[nH]c(=O)c3n2)cc1)C(=O)O)C(=O)OC(=O)c1ccccc1. The predicted octanol–water partition coefficient (Wildman–Crippen LogP) is 1.50. The zero-order valence-corrected chi connectivity index (χ0v) is 21.7. The third-order valence-corrected chi connectivity index (χ3v) is 5.90. The minimum absolute atomic E-state index is 0.0453. The van der Waals surface area contributed by atoms with E-state index in [-0.39, 0.29) is 41.2 Å². The number of ether oxygens (including phenoxy) is 1. The lowest BCUT2D eigenvalue weighted by atomic mass is 10.0. The molecule has 4 rings (SSSR count). The van der Waals surface area contributed by atoms with Crippen LogP contribution in [0.1, 0.15) is 39.8 Å². The molecule has 4 aromatic rings. The summed E-state index contributed by atoms with van der Waals surface area (Å²) in [7, 11) is 0. The molecule has 0 spiro atoms. The number of hydrogen-bond donors (Lipinski definition) is 5. The number of benzene rings is 2. The van der Waals surface area contributed by atoms with Crippen molar-refractivity contribution in [2.24, 2.45) is 5.92 Å². The summed E-state index contributed by atoms with van der Waals surface area (Å²) in [6.07, 6.45) is 1.16. The molecule has 0 radical (unpaired) electrons. The number of carbonyl (C=O) groups is 4. The Labute approximate surface area is 232 Å². The molecule has 2 atom stereocenters. The minimum Gasteiger partial charge on any atom is -0.480 e. The van der Waals surface area contributed by atoms with Crippen LogP contribution in [0.25, 0.3) is 11.2 Å². The first-order valence-corrected chi connectivity index (χ1v) is 12.3. The number of aliphatic carboxylic acids is 1. The van der Waals surface area contributed by atoms with E-state index in [9.17, 15) is 29.1 Å². The highest BCUT2D eigenvalue weighted by Gasteiger charge is 2.28. The van der Waals surface area contributed by atoms with Gasteiger partial charge in [0.15, 0.2) is 11.2 Å². The average molecular weight is 560 g/mol. The monoisotopic (exact) mass is 559 g/mol. The number of aromatic amines is 1. The van der Waals surface area contributed by atoms with Gasteiger partial charge in [-0.2, -0.15) is 4.98 Å². The Kier molecular flexibility index (Phi) is 8.62. The van der Waals surface area contributed by atoms with Gasteiger partial charge in [-0.25, -0.2) is 19.6 Å². The van der Waals surface area contributed by atoms with E-state index in [0.29, 0.717) is 11.4 Å². The first kappa shape index (κ1) is 28.4. The number of hydrogen-bond acceptors (Lipinski definition) is 11. The number of carbonyl (C=O) groups excluding carboxylic acids is 3. The maximum absolute atomic E-state index is 12.7. The van der Waals surface area contributed by atoms with Crippen LogP contribution in [0.4, 0.5) is 11.6 Å². The Balaban J connectivity index is 1.32. The standard InChI is InChI=1S/C27H25N7O7/c1-14(25(39)41-26(40)16-5-3-2-4-6-16)11-19(24(37)38)32-22(35)15-7-9-17(10-8-15)29-12-18-13-30-21-20(31-18)23(36)34-27(28)33-21/h2-10,13-14,19,29H,11-12H2,1H3,(H,32,35)(H,37,38)(H3,28,30,33,34,36). The second kappa shape index (κ2) is 12.5. The minimum atomic E-state index is -1.41. The molecule has 6 N–H and O–H groups in total. The molecule has 2 unspecified atom stereocenters. The summed E-state index contributed by atoms with van der Waals surface area (Å²) in [4.78, 5) is 75.6. The fourth-order valence-corrected chi connectivity index (χ4v) is 3.73. The van der Waals surface area contributed by atoms with Crippen LogP contribution in [0.5, 0.6) is 0 Å². The summed E-state index contributed by atoms with van der Waals surface area (Å²) in [5, 5.41) is 15.1. The zero-order chi connectivity index (χ0) is 29.5. The van der Waals surface area contributed by atoms with Gasteiger partial charge in [0.25, 0.3) is 11.5 Å². The first-order valence-electron chi connectivity index (χ1n) is 12.3. The van der Waals surface area contributed by atoms with Crippen LogP contribution in [0.15, 0.2) is 65.6 Å². The number of carboxylic acid groups (broad SMARTS) is 1. The lowest BCUT2D eigenvalue weighted by Crippen LogP contribution is -2.42. The van der Waals surface area contributed by atoms with E-state index < -0.39 is 41.3 Å². The summed E-state index contributed by atoms with van der Waals surface area (Å²) in [6.45, 7) is 1.62. The van der Waals surface area contributed by atoms with E-state index in [4.69, 9.17) is 10.5 Å². The van der Waals surface area contributed by atoms with Crippen LogP contribution in [-0.4, -0.2) is 54.9 Å². The number of fused-ring (bicyclic) bond motifs is 1. The molecule has 41 heavy (non-hydrogen) atoms. The molecule has 14 heteroatoms. The van der Waals surface area contributed by atoms with Crippen molar-refractivity contribution in [1.29, 1.82) is 0 Å². The van der Waals surface area contributed by atoms with Crippen molar-refractivity contribution in [2.75, 3.05) is 11.1 Å². The number of esters is 2. The summed E-state index contributed by atoms with van der Waals surface area (Å²) >= 11 is 0. The number of rotatable bonds is 10. The second-order valence-electron chi connectivity index (χ2n) is 8.99. The number of H-pyrrole nitrogens is 1. The molecule has 1 amide bonds. The van der Waals surface area contributed by atoms with Crippen molar-refractivity contribution in [3.8, 4) is 0 Å². The Morgan fingerprint density at radius 3 is 2.41 bits per heavy atom. The number of amides is 1. The third-order valence-electron chi connectivity index (χ3n) is 5.90. The van der Waals surface area contributed by atoms with E-state index in [1.54, 1.807) is 30.3 Å². The molecular weight excluding hydrogens is 534 g/mol. The van der Waals surface area contributed by atoms with Gasteiger partial charge in [0.05, 0.1) is 29.9 Å². The average Bonchev–Trinajstić information content (AvgIpc) is 2.96. The summed E-state index contributed by atoms with van der Waals surface area (Å²) in [5.41, 5.74) is 6.59. The number of aromatic nitrogens is 4. The molecule has 2 heterocycles. The maximum Gasteiger partial charge on any atom is 0.345 e. The topological polar surface area (TPSA) is 219 Å². The van der Waals surface area contributed by atoms with E-state index in [1.807, 2.05) is 0 Å². The molecule has 0 bridgehead atoms. The summed E-state index contributed by atoms with van der Waals surface area (Å²) < 4.78 is 4.84. The molecular formula is C27H25N7O7. The van der Waals surface area contributed by atoms with Crippen LogP contribution < -0.4 is 21.9 Å². The van der Waals surface area contributed by atoms with Crippen LogP contribution in [0.3, 0.4) is 0 Å². The normalized spacial score (nSPS) is 12.2. The van der Waals surface area contributed by atoms with Gasteiger partial charge >= 0.3 is 17.9 Å². The smallest absolute Gasteiger partial charge is 0.345 e. The molecule has 0 aliphatic rings. The largest absolute Gasteiger partial charge is 0.480 e. The molecule has 2 aromatic heterocycles. The van der Waals surface area contributed by atoms with Gasteiger partial charge in [0.1, 0.15) is 6.04 Å². The van der Waals surface area contributed by atoms with Gasteiger partial charge in [0.2, 0.25) is 5.95 Å². The van der Waals surface area contributed by atoms with Gasteiger partial charge in [-0.1, -0.05) is 25.1 Å². The molecule has 0 saturated carbocycles. The van der Waals surface area contributed by atoms with Gasteiger partial charge in [-0.15, -0.1) is 0 Å². The second-order valence-corrected chi connectivity index (χ2v) is 8.99. The molecule has 210 valence electrons. The van der Waals surface area contributed by atoms with Crippen molar-refractivity contribution in [2.45, 2.75) is 25.9 Å². The van der Waals surface area contributed by atoms with Gasteiger partial charge < -0.3 is 26.2 Å². The summed E-state index contributed by atoms with van der Waals surface area (Å²) in [6, 6.07) is 12.6. The van der Waals surface area contributed by atoms with Gasteiger partial charge in [-0.3, -0.25) is 19.4 Å². The number of nitrogen functional groups attached to an aromatic ring is 1. The van der Waals surface area contributed by atoms with Crippen molar-refractivity contribution >= 4 is 46.6 Å². The third kappa shape index (κ3) is 7.26. The molecule has 0 aliphatic carbocycles. The Morgan fingerprint density at radius 2 is 1.73 bits per heavy atom. The zero-order valence-electron chi connectivity index (χ0n) is 21.7. The Hall–Kier alpha value is -5.66. The number of nitrogens with zero attached hydrogens (tertiary/aromatic N) is 3. The number of anilines is 2. The van der Waals surface area contributed by atoms with Gasteiger partial charge in [-0.05, 0) is 42.8 Å². The van der Waals surface area contributed by atoms with Crippen molar-refractivity contribution < 1.29 is 29.0 Å².